The number of hydrogen-bond donors (Lipinski definition) is 0. The predicted octanol–water partition coefficient (Wildman–Crippen LogP) is 9.30. The van der Waals surface area contributed by atoms with Crippen LogP contribution in [0.4, 0.5) is 0 Å². The van der Waals surface area contributed by atoms with E-state index in [4.69, 9.17) is 5.10 Å². The molecule has 0 aromatic heterocycles. The first-order valence-corrected chi connectivity index (χ1v) is 22.0. The lowest BCUT2D eigenvalue weighted by atomic mass is 9.91. The van der Waals surface area contributed by atoms with Crippen molar-refractivity contribution in [2.75, 3.05) is 0 Å². The second-order valence-corrected chi connectivity index (χ2v) is 31.0. The van der Waals surface area contributed by atoms with E-state index in [9.17, 15) is 0 Å². The Morgan fingerprint density at radius 3 is 1.71 bits per heavy atom. The van der Waals surface area contributed by atoms with Crippen LogP contribution in [0.2, 0.25) is 55.5 Å². The van der Waals surface area contributed by atoms with E-state index in [-0.39, 0.29) is 15.9 Å². The van der Waals surface area contributed by atoms with E-state index in [1.165, 1.54) is 30.3 Å². The van der Waals surface area contributed by atoms with E-state index in [2.05, 4.69) is 119 Å². The summed E-state index contributed by atoms with van der Waals surface area (Å²) in [6.07, 6.45) is 2.59. The van der Waals surface area contributed by atoms with E-state index in [1.807, 2.05) is 0 Å². The molecule has 1 aliphatic rings. The molecule has 0 amide bonds. The Morgan fingerprint density at radius 1 is 0.935 bits per heavy atom. The summed E-state index contributed by atoms with van der Waals surface area (Å²) in [6.45, 7) is 39.7. The van der Waals surface area contributed by atoms with Crippen LogP contribution < -0.4 is 0 Å². The van der Waals surface area contributed by atoms with Crippen LogP contribution in [0.15, 0.2) is 16.5 Å². The highest BCUT2D eigenvalue weighted by Crippen LogP contribution is 2.60. The molecule has 0 aromatic rings. The maximum absolute atomic E-state index is 5.73. The van der Waals surface area contributed by atoms with Crippen molar-refractivity contribution in [3.05, 3.63) is 11.4 Å². The molecule has 0 saturated heterocycles. The normalized spacial score (nSPS) is 24.6. The summed E-state index contributed by atoms with van der Waals surface area (Å²) >= 11 is 0. The zero-order valence-electron chi connectivity index (χ0n) is 24.2. The summed E-state index contributed by atoms with van der Waals surface area (Å²) in [4.78, 5) is 0. The lowest BCUT2D eigenvalue weighted by molar-refractivity contribution is 0.362. The minimum atomic E-state index is -2.05. The van der Waals surface area contributed by atoms with Crippen molar-refractivity contribution in [1.82, 2.24) is 4.67 Å². The molecule has 2 nitrogen and oxygen atoms in total. The van der Waals surface area contributed by atoms with Crippen molar-refractivity contribution < 1.29 is 0 Å². The van der Waals surface area contributed by atoms with Crippen molar-refractivity contribution in [2.24, 2.45) is 15.9 Å². The molecular weight excluding hydrogens is 425 g/mol. The topological polar surface area (TPSA) is 15.6 Å². The first kappa shape index (κ1) is 28.9. The molecule has 2 atom stereocenters. The molecule has 1 rings (SSSR count). The van der Waals surface area contributed by atoms with Gasteiger partial charge in [-0.25, -0.2) is 0 Å². The fourth-order valence-corrected chi connectivity index (χ4v) is 22.0. The van der Waals surface area contributed by atoms with Gasteiger partial charge in [-0.05, 0) is 11.1 Å². The van der Waals surface area contributed by atoms with Crippen molar-refractivity contribution in [1.29, 1.82) is 0 Å². The molecule has 0 saturated carbocycles. The molecule has 2 unspecified atom stereocenters. The van der Waals surface area contributed by atoms with Crippen molar-refractivity contribution in [2.45, 2.75) is 138 Å². The fourth-order valence-electron chi connectivity index (χ4n) is 5.41. The summed E-state index contributed by atoms with van der Waals surface area (Å²) < 4.78 is 2.75. The third-order valence-electron chi connectivity index (χ3n) is 6.75. The van der Waals surface area contributed by atoms with E-state index in [0.717, 1.165) is 0 Å². The van der Waals surface area contributed by atoms with E-state index >= 15 is 0 Å². The monoisotopic (exact) mass is 480 g/mol. The molecule has 0 aliphatic carbocycles. The van der Waals surface area contributed by atoms with Gasteiger partial charge in [-0.3, -0.25) is 4.67 Å². The number of hydrazone groups is 1. The minimum absolute atomic E-state index is 0.0941. The van der Waals surface area contributed by atoms with E-state index in [0.29, 0.717) is 5.16 Å². The zero-order chi connectivity index (χ0) is 24.8. The quantitative estimate of drug-likeness (QED) is 0.346. The molecule has 182 valence electrons. The smallest absolute Gasteiger partial charge is 0.196 e. The Balaban J connectivity index is 4.14. The summed E-state index contributed by atoms with van der Waals surface area (Å²) in [5.41, 5.74) is 5.92. The highest BCUT2D eigenvalue weighted by atomic mass is 28.4. The van der Waals surface area contributed by atoms with Crippen LogP contribution in [0.5, 0.6) is 0 Å². The van der Waals surface area contributed by atoms with Gasteiger partial charge in [-0.2, -0.15) is 5.10 Å². The molecule has 1 aliphatic heterocycles. The Kier molecular flexibility index (Phi) is 8.30. The van der Waals surface area contributed by atoms with Crippen molar-refractivity contribution in [3.63, 3.8) is 0 Å². The van der Waals surface area contributed by atoms with Crippen molar-refractivity contribution >= 4 is 30.1 Å². The Hall–Kier alpha value is -0.139. The second-order valence-electron chi connectivity index (χ2n) is 15.3. The van der Waals surface area contributed by atoms with Crippen LogP contribution in [0.3, 0.4) is 0 Å². The summed E-state index contributed by atoms with van der Waals surface area (Å²) in [5, 5.41) is 6.67. The zero-order valence-corrected chi connectivity index (χ0v) is 27.2. The Bertz CT molecular complexity index is 689. The van der Waals surface area contributed by atoms with Crippen LogP contribution in [0, 0.1) is 10.8 Å². The van der Waals surface area contributed by atoms with Crippen LogP contribution in [-0.2, 0) is 0 Å². The standard InChI is InChI=1S/C26H56N2Si3/c1-17-18-19-31(26(8,9)10)23(30(14,15)16)22(25(5,6)7)27-28(31)21(24(2,3)4)20-29(11,12)13/h20,23H,17-19H2,1-16H3/b21-20+. The predicted molar refractivity (Wildman–Crippen MR) is 152 cm³/mol. The summed E-state index contributed by atoms with van der Waals surface area (Å²) in [6, 6.07) is 1.35. The molecule has 0 N–H and O–H groups in total. The molecule has 0 aromatic carbocycles. The molecule has 1 heterocycles. The summed E-state index contributed by atoms with van der Waals surface area (Å²) in [7, 11) is -5.00. The Labute approximate surface area is 199 Å². The molecular formula is C26H56N2Si3. The molecule has 31 heavy (non-hydrogen) atoms. The van der Waals surface area contributed by atoms with Crippen LogP contribution in [0.25, 0.3) is 0 Å². The largest absolute Gasteiger partial charge is 0.298 e. The van der Waals surface area contributed by atoms with Gasteiger partial charge in [0.1, 0.15) is 0 Å². The average molecular weight is 481 g/mol. The van der Waals surface area contributed by atoms with Gasteiger partial charge in [0.05, 0.1) is 16.1 Å². The highest BCUT2D eigenvalue weighted by molar-refractivity contribution is 7.02. The van der Waals surface area contributed by atoms with Gasteiger partial charge in [0.15, 0.2) is 8.24 Å². The van der Waals surface area contributed by atoms with Gasteiger partial charge in [0.25, 0.3) is 0 Å². The van der Waals surface area contributed by atoms with Crippen LogP contribution in [0.1, 0.15) is 82.1 Å². The first-order chi connectivity index (χ1) is 13.5. The number of rotatable bonds is 6. The minimum Gasteiger partial charge on any atom is -0.298 e. The molecule has 5 heteroatoms. The van der Waals surface area contributed by atoms with Gasteiger partial charge >= 0.3 is 0 Å². The lowest BCUT2D eigenvalue weighted by Gasteiger charge is -2.54. The van der Waals surface area contributed by atoms with Crippen molar-refractivity contribution in [3.8, 4) is 0 Å². The molecule has 0 spiro atoms. The summed E-state index contributed by atoms with van der Waals surface area (Å²) in [5.74, 6) is 0. The van der Waals surface area contributed by atoms with E-state index < -0.39 is 24.4 Å². The highest BCUT2D eigenvalue weighted by Gasteiger charge is 2.65. The number of unbranched alkanes of at least 4 members (excludes halogenated alkanes) is 1. The van der Waals surface area contributed by atoms with Gasteiger partial charge in [0.2, 0.25) is 0 Å². The number of hydrogen-bond acceptors (Lipinski definition) is 2. The van der Waals surface area contributed by atoms with Gasteiger partial charge in [0, 0.05) is 27.4 Å². The molecule has 0 bridgehead atoms. The molecule has 0 fully saturated rings. The maximum Gasteiger partial charge on any atom is 0.196 e. The van der Waals surface area contributed by atoms with Crippen LogP contribution in [-0.4, -0.2) is 34.8 Å². The second kappa shape index (κ2) is 8.90. The third-order valence-corrected chi connectivity index (χ3v) is 20.0. The number of nitrogens with zero attached hydrogens (tertiary/aromatic N) is 2. The lowest BCUT2D eigenvalue weighted by Crippen LogP contribution is -2.64. The molecule has 0 radical (unpaired) electrons. The van der Waals surface area contributed by atoms with Gasteiger partial charge in [-0.15, -0.1) is 0 Å². The van der Waals surface area contributed by atoms with Gasteiger partial charge in [-0.1, -0.05) is 127 Å². The van der Waals surface area contributed by atoms with Crippen LogP contribution >= 0.6 is 0 Å². The SMILES string of the molecule is CCCC[Si]1(C(C)(C)C)C([Si](C)(C)C)C(C(C)(C)C)=NN1/C(=C/[Si](C)(C)C)C(C)(C)C. The fraction of sp³-hybridized carbons (Fsp3) is 0.885. The number of allylic oxidation sites excluding steroid dienone is 1. The average Bonchev–Trinajstić information content (AvgIpc) is 2.84. The Morgan fingerprint density at radius 2 is 1.42 bits per heavy atom. The first-order valence-electron chi connectivity index (χ1n) is 12.6. The van der Waals surface area contributed by atoms with Gasteiger partial charge < -0.3 is 0 Å². The maximum atomic E-state index is 5.73. The third kappa shape index (κ3) is 6.26. The van der Waals surface area contributed by atoms with E-state index in [1.54, 1.807) is 0 Å².